The van der Waals surface area contributed by atoms with Crippen molar-refractivity contribution in [3.63, 3.8) is 0 Å². The van der Waals surface area contributed by atoms with Crippen LogP contribution in [0.1, 0.15) is 18.1 Å². The lowest BCUT2D eigenvalue weighted by Crippen LogP contribution is -2.01. The van der Waals surface area contributed by atoms with Crippen LogP contribution in [0.3, 0.4) is 0 Å². The molecule has 0 bridgehead atoms. The Balaban J connectivity index is 2.14. The van der Waals surface area contributed by atoms with Crippen molar-refractivity contribution in [3.8, 4) is 0 Å². The summed E-state index contributed by atoms with van der Waals surface area (Å²) in [5.74, 6) is 0. The molecule has 1 aliphatic rings. The van der Waals surface area contributed by atoms with Gasteiger partial charge in [0, 0.05) is 7.11 Å². The molecule has 1 heterocycles. The fraction of sp³-hybridized carbons (Fsp3) is 0.455. The van der Waals surface area contributed by atoms with Crippen molar-refractivity contribution in [1.29, 1.82) is 0 Å². The summed E-state index contributed by atoms with van der Waals surface area (Å²) in [7, 11) is 1.71. The van der Waals surface area contributed by atoms with Crippen LogP contribution >= 0.6 is 0 Å². The normalized spacial score (nSPS) is 26.0. The van der Waals surface area contributed by atoms with Crippen LogP contribution in [-0.2, 0) is 21.7 Å². The largest absolute Gasteiger partial charge is 0.380 e. The van der Waals surface area contributed by atoms with Crippen LogP contribution in [-0.4, -0.2) is 13.7 Å². The number of hydrogen-bond donors (Lipinski definition) is 0. The zero-order valence-corrected chi connectivity index (χ0v) is 8.04. The Labute approximate surface area is 78.5 Å². The van der Waals surface area contributed by atoms with Crippen LogP contribution in [0.4, 0.5) is 0 Å². The number of epoxide rings is 1. The predicted molar refractivity (Wildman–Crippen MR) is 50.5 cm³/mol. The molecule has 1 aliphatic heterocycles. The molecule has 1 saturated heterocycles. The van der Waals surface area contributed by atoms with E-state index in [2.05, 4.69) is 31.2 Å². The van der Waals surface area contributed by atoms with E-state index in [1.807, 2.05) is 0 Å². The van der Waals surface area contributed by atoms with Gasteiger partial charge in [0.15, 0.2) is 0 Å². The van der Waals surface area contributed by atoms with Gasteiger partial charge in [-0.2, -0.15) is 0 Å². The van der Waals surface area contributed by atoms with Gasteiger partial charge in [-0.1, -0.05) is 24.3 Å². The lowest BCUT2D eigenvalue weighted by molar-refractivity contribution is 0.185. The topological polar surface area (TPSA) is 21.8 Å². The summed E-state index contributed by atoms with van der Waals surface area (Å²) in [5.41, 5.74) is 2.45. The van der Waals surface area contributed by atoms with Crippen LogP contribution in [0.25, 0.3) is 0 Å². The minimum atomic E-state index is -0.00833. The highest BCUT2D eigenvalue weighted by Crippen LogP contribution is 2.37. The Morgan fingerprint density at radius 2 is 2.00 bits per heavy atom. The minimum absolute atomic E-state index is 0.00833. The number of benzene rings is 1. The van der Waals surface area contributed by atoms with Gasteiger partial charge in [-0.15, -0.1) is 0 Å². The summed E-state index contributed by atoms with van der Waals surface area (Å²) < 4.78 is 10.4. The molecule has 1 aromatic rings. The zero-order valence-electron chi connectivity index (χ0n) is 8.04. The predicted octanol–water partition coefficient (Wildman–Crippen LogP) is 2.08. The molecule has 1 atom stereocenters. The van der Waals surface area contributed by atoms with E-state index in [0.717, 1.165) is 6.61 Å². The number of hydrogen-bond acceptors (Lipinski definition) is 2. The molecule has 0 N–H and O–H groups in total. The average molecular weight is 178 g/mol. The molecule has 2 nitrogen and oxygen atoms in total. The third kappa shape index (κ3) is 1.74. The third-order valence-electron chi connectivity index (χ3n) is 2.45. The molecule has 1 unspecified atom stereocenters. The smallest absolute Gasteiger partial charge is 0.114 e. The van der Waals surface area contributed by atoms with Crippen molar-refractivity contribution >= 4 is 0 Å². The number of rotatable bonds is 3. The van der Waals surface area contributed by atoms with E-state index in [1.165, 1.54) is 11.1 Å². The van der Waals surface area contributed by atoms with Crippen molar-refractivity contribution in [2.24, 2.45) is 0 Å². The second-order valence-electron chi connectivity index (χ2n) is 3.65. The summed E-state index contributed by atoms with van der Waals surface area (Å²) in [6.07, 6.45) is 0. The maximum Gasteiger partial charge on any atom is 0.114 e. The van der Waals surface area contributed by atoms with E-state index in [4.69, 9.17) is 9.47 Å². The van der Waals surface area contributed by atoms with Gasteiger partial charge in [-0.25, -0.2) is 0 Å². The third-order valence-corrected chi connectivity index (χ3v) is 2.45. The molecule has 1 aromatic carbocycles. The zero-order chi connectivity index (χ0) is 9.31. The van der Waals surface area contributed by atoms with Crippen LogP contribution in [0.5, 0.6) is 0 Å². The second-order valence-corrected chi connectivity index (χ2v) is 3.65. The molecule has 0 aliphatic carbocycles. The van der Waals surface area contributed by atoms with Crippen LogP contribution < -0.4 is 0 Å². The summed E-state index contributed by atoms with van der Waals surface area (Å²) in [6.45, 7) is 3.63. The first-order valence-corrected chi connectivity index (χ1v) is 4.47. The van der Waals surface area contributed by atoms with Crippen molar-refractivity contribution in [2.45, 2.75) is 19.1 Å². The molecule has 0 radical (unpaired) electrons. The Morgan fingerprint density at radius 3 is 2.46 bits per heavy atom. The van der Waals surface area contributed by atoms with E-state index in [1.54, 1.807) is 7.11 Å². The molecular formula is C11H14O2. The van der Waals surface area contributed by atoms with E-state index in [9.17, 15) is 0 Å². The lowest BCUT2D eigenvalue weighted by atomic mass is 10.0. The van der Waals surface area contributed by atoms with Gasteiger partial charge in [-0.05, 0) is 18.1 Å². The lowest BCUT2D eigenvalue weighted by Gasteiger charge is -2.06. The van der Waals surface area contributed by atoms with E-state index < -0.39 is 0 Å². The summed E-state index contributed by atoms with van der Waals surface area (Å²) >= 11 is 0. The van der Waals surface area contributed by atoms with E-state index in [-0.39, 0.29) is 5.60 Å². The minimum Gasteiger partial charge on any atom is -0.380 e. The maximum atomic E-state index is 5.35. The van der Waals surface area contributed by atoms with E-state index in [0.29, 0.717) is 6.61 Å². The van der Waals surface area contributed by atoms with Crippen molar-refractivity contribution in [3.05, 3.63) is 35.4 Å². The first-order chi connectivity index (χ1) is 6.24. The summed E-state index contributed by atoms with van der Waals surface area (Å²) in [5, 5.41) is 0. The van der Waals surface area contributed by atoms with Crippen molar-refractivity contribution < 1.29 is 9.47 Å². The van der Waals surface area contributed by atoms with Gasteiger partial charge < -0.3 is 9.47 Å². The number of methoxy groups -OCH3 is 1. The van der Waals surface area contributed by atoms with Crippen LogP contribution in [0.2, 0.25) is 0 Å². The standard InChI is InChI=1S/C11H14O2/c1-11(8-13-11)10-5-3-9(4-6-10)7-12-2/h3-6H,7-8H2,1-2H3. The molecule has 13 heavy (non-hydrogen) atoms. The highest BCUT2D eigenvalue weighted by Gasteiger charge is 2.40. The van der Waals surface area contributed by atoms with Crippen LogP contribution in [0, 0.1) is 0 Å². The Hall–Kier alpha value is -0.860. The molecule has 0 aromatic heterocycles. The monoisotopic (exact) mass is 178 g/mol. The quantitative estimate of drug-likeness (QED) is 0.661. The van der Waals surface area contributed by atoms with E-state index >= 15 is 0 Å². The summed E-state index contributed by atoms with van der Waals surface area (Å²) in [4.78, 5) is 0. The van der Waals surface area contributed by atoms with Gasteiger partial charge in [0.2, 0.25) is 0 Å². The fourth-order valence-electron chi connectivity index (χ4n) is 1.40. The molecule has 0 spiro atoms. The SMILES string of the molecule is COCc1ccc(C2(C)CO2)cc1. The van der Waals surface area contributed by atoms with Gasteiger partial charge >= 0.3 is 0 Å². The van der Waals surface area contributed by atoms with Gasteiger partial charge in [0.25, 0.3) is 0 Å². The Bertz CT molecular complexity index is 285. The molecule has 0 saturated carbocycles. The molecule has 0 amide bonds. The second kappa shape index (κ2) is 3.13. The maximum absolute atomic E-state index is 5.35. The molecule has 2 heteroatoms. The van der Waals surface area contributed by atoms with Crippen LogP contribution in [0.15, 0.2) is 24.3 Å². The Morgan fingerprint density at radius 1 is 1.38 bits per heavy atom. The highest BCUT2D eigenvalue weighted by molar-refractivity contribution is 5.29. The summed E-state index contributed by atoms with van der Waals surface area (Å²) in [6, 6.07) is 8.40. The van der Waals surface area contributed by atoms with Crippen molar-refractivity contribution in [1.82, 2.24) is 0 Å². The molecular weight excluding hydrogens is 164 g/mol. The number of ether oxygens (including phenoxy) is 2. The molecule has 2 rings (SSSR count). The highest BCUT2D eigenvalue weighted by atomic mass is 16.6. The Kier molecular flexibility index (Phi) is 2.10. The van der Waals surface area contributed by atoms with Gasteiger partial charge in [-0.3, -0.25) is 0 Å². The van der Waals surface area contributed by atoms with Crippen molar-refractivity contribution in [2.75, 3.05) is 13.7 Å². The molecule has 1 fully saturated rings. The first kappa shape index (κ1) is 8.73. The van der Waals surface area contributed by atoms with Gasteiger partial charge in [0.05, 0.1) is 13.2 Å². The fourth-order valence-corrected chi connectivity index (χ4v) is 1.40. The molecule has 70 valence electrons. The van der Waals surface area contributed by atoms with Gasteiger partial charge in [0.1, 0.15) is 5.60 Å². The average Bonchev–Trinajstić information content (AvgIpc) is 2.87. The first-order valence-electron chi connectivity index (χ1n) is 4.47.